The number of carbonyl (C=O) groups excluding carboxylic acids is 2. The van der Waals surface area contributed by atoms with Gasteiger partial charge in [-0.25, -0.2) is 9.78 Å². The Bertz CT molecular complexity index is 443. The Labute approximate surface area is 94.4 Å². The lowest BCUT2D eigenvalue weighted by atomic mass is 10.2. The van der Waals surface area contributed by atoms with Gasteiger partial charge in [0.25, 0.3) is 0 Å². The highest BCUT2D eigenvalue weighted by molar-refractivity contribution is 5.97. The van der Waals surface area contributed by atoms with Crippen molar-refractivity contribution in [3.05, 3.63) is 29.1 Å². The molecule has 0 aromatic carbocycles. The lowest BCUT2D eigenvalue weighted by Crippen LogP contribution is -2.14. The van der Waals surface area contributed by atoms with Crippen LogP contribution in [0, 0.1) is 0 Å². The van der Waals surface area contributed by atoms with Gasteiger partial charge in [-0.3, -0.25) is 4.79 Å². The number of hydrogen-bond acceptors (Lipinski definition) is 4. The summed E-state index contributed by atoms with van der Waals surface area (Å²) in [6, 6.07) is 1.50. The zero-order valence-electron chi connectivity index (χ0n) is 8.75. The zero-order chi connectivity index (χ0) is 13.1. The van der Waals surface area contributed by atoms with E-state index in [9.17, 15) is 22.8 Å². The molecule has 0 aliphatic carbocycles. The quantitative estimate of drug-likeness (QED) is 0.606. The van der Waals surface area contributed by atoms with E-state index in [1.165, 1.54) is 6.92 Å². The molecular weight excluding hydrogens is 239 g/mol. The Morgan fingerprint density at radius 2 is 2.12 bits per heavy atom. The number of carbonyl (C=O) groups is 2. The van der Waals surface area contributed by atoms with Gasteiger partial charge in [-0.15, -0.1) is 0 Å². The molecule has 1 heterocycles. The predicted molar refractivity (Wildman–Crippen MR) is 50.6 cm³/mol. The standard InChI is InChI=1S/C10H8F3NO3/c1-2-17-9(16)6-3-4-8(10(11,12)13)14-7(6)5-15/h3-5H,2H2,1H3. The van der Waals surface area contributed by atoms with Crippen molar-refractivity contribution in [2.75, 3.05) is 6.61 Å². The molecule has 0 saturated heterocycles. The van der Waals surface area contributed by atoms with E-state index in [-0.39, 0.29) is 18.5 Å². The van der Waals surface area contributed by atoms with Crippen LogP contribution in [-0.4, -0.2) is 23.8 Å². The van der Waals surface area contributed by atoms with Crippen LogP contribution in [0.3, 0.4) is 0 Å². The Kier molecular flexibility index (Phi) is 3.82. The van der Waals surface area contributed by atoms with Crippen LogP contribution < -0.4 is 0 Å². The van der Waals surface area contributed by atoms with Gasteiger partial charge in [-0.05, 0) is 19.1 Å². The number of alkyl halides is 3. The molecule has 0 unspecified atom stereocenters. The minimum Gasteiger partial charge on any atom is -0.462 e. The number of nitrogens with zero attached hydrogens (tertiary/aromatic N) is 1. The topological polar surface area (TPSA) is 56.3 Å². The van der Waals surface area contributed by atoms with E-state index in [2.05, 4.69) is 9.72 Å². The first-order chi connectivity index (χ1) is 7.90. The molecule has 0 fully saturated rings. The zero-order valence-corrected chi connectivity index (χ0v) is 8.75. The third-order valence-corrected chi connectivity index (χ3v) is 1.82. The molecule has 7 heteroatoms. The van der Waals surface area contributed by atoms with Crippen LogP contribution in [-0.2, 0) is 10.9 Å². The molecule has 0 amide bonds. The molecule has 0 spiro atoms. The number of ether oxygens (including phenoxy) is 1. The van der Waals surface area contributed by atoms with Crippen molar-refractivity contribution in [1.82, 2.24) is 4.98 Å². The molecule has 4 nitrogen and oxygen atoms in total. The van der Waals surface area contributed by atoms with E-state index in [0.717, 1.165) is 6.07 Å². The number of rotatable bonds is 3. The summed E-state index contributed by atoms with van der Waals surface area (Å²) in [5, 5.41) is 0. The highest BCUT2D eigenvalue weighted by Gasteiger charge is 2.33. The van der Waals surface area contributed by atoms with Crippen molar-refractivity contribution in [1.29, 1.82) is 0 Å². The molecule has 0 aliphatic heterocycles. The highest BCUT2D eigenvalue weighted by atomic mass is 19.4. The Morgan fingerprint density at radius 3 is 2.59 bits per heavy atom. The van der Waals surface area contributed by atoms with E-state index >= 15 is 0 Å². The second-order valence-electron chi connectivity index (χ2n) is 2.97. The lowest BCUT2D eigenvalue weighted by molar-refractivity contribution is -0.141. The maximum atomic E-state index is 12.3. The minimum absolute atomic E-state index is 0.0537. The molecule has 1 rings (SSSR count). The molecule has 0 radical (unpaired) electrons. The monoisotopic (exact) mass is 247 g/mol. The van der Waals surface area contributed by atoms with Crippen LogP contribution in [0.2, 0.25) is 0 Å². The molecule has 1 aromatic heterocycles. The largest absolute Gasteiger partial charge is 0.462 e. The van der Waals surface area contributed by atoms with Crippen molar-refractivity contribution in [2.24, 2.45) is 0 Å². The molecule has 0 saturated carbocycles. The van der Waals surface area contributed by atoms with Gasteiger partial charge in [0.15, 0.2) is 6.29 Å². The van der Waals surface area contributed by atoms with Gasteiger partial charge in [0.05, 0.1) is 12.2 Å². The van der Waals surface area contributed by atoms with E-state index in [1.54, 1.807) is 0 Å². The maximum Gasteiger partial charge on any atom is 0.433 e. The molecule has 0 aliphatic rings. The molecular formula is C10H8F3NO3. The minimum atomic E-state index is -4.66. The van der Waals surface area contributed by atoms with Gasteiger partial charge in [0.1, 0.15) is 11.4 Å². The van der Waals surface area contributed by atoms with E-state index in [1.807, 2.05) is 0 Å². The maximum absolute atomic E-state index is 12.3. The summed E-state index contributed by atoms with van der Waals surface area (Å²) in [6.07, 6.45) is -4.58. The summed E-state index contributed by atoms with van der Waals surface area (Å²) < 4.78 is 41.4. The number of aromatic nitrogens is 1. The van der Waals surface area contributed by atoms with Crippen molar-refractivity contribution < 1.29 is 27.5 Å². The molecule has 17 heavy (non-hydrogen) atoms. The molecule has 92 valence electrons. The summed E-state index contributed by atoms with van der Waals surface area (Å²) in [5.74, 6) is -0.879. The number of halogens is 3. The molecule has 1 aromatic rings. The van der Waals surface area contributed by atoms with Gasteiger partial charge in [-0.2, -0.15) is 13.2 Å². The van der Waals surface area contributed by atoms with Crippen LogP contribution in [0.25, 0.3) is 0 Å². The van der Waals surface area contributed by atoms with E-state index < -0.39 is 23.5 Å². The highest BCUT2D eigenvalue weighted by Crippen LogP contribution is 2.28. The summed E-state index contributed by atoms with van der Waals surface area (Å²) in [5.41, 5.74) is -2.10. The van der Waals surface area contributed by atoms with Crippen molar-refractivity contribution >= 4 is 12.3 Å². The fraction of sp³-hybridized carbons (Fsp3) is 0.300. The molecule has 0 bridgehead atoms. The average molecular weight is 247 g/mol. The SMILES string of the molecule is CCOC(=O)c1ccc(C(F)(F)F)nc1C=O. The van der Waals surface area contributed by atoms with Gasteiger partial charge >= 0.3 is 12.1 Å². The summed E-state index contributed by atoms with van der Waals surface area (Å²) in [7, 11) is 0. The first-order valence-electron chi connectivity index (χ1n) is 4.60. The Morgan fingerprint density at radius 1 is 1.47 bits per heavy atom. The van der Waals surface area contributed by atoms with Crippen LogP contribution in [0.15, 0.2) is 12.1 Å². The number of pyridine rings is 1. The number of aldehydes is 1. The van der Waals surface area contributed by atoms with Crippen molar-refractivity contribution in [3.63, 3.8) is 0 Å². The number of esters is 1. The lowest BCUT2D eigenvalue weighted by Gasteiger charge is -2.08. The third-order valence-electron chi connectivity index (χ3n) is 1.82. The normalized spacial score (nSPS) is 11.1. The van der Waals surface area contributed by atoms with Crippen LogP contribution in [0.5, 0.6) is 0 Å². The van der Waals surface area contributed by atoms with E-state index in [4.69, 9.17) is 0 Å². The first-order valence-corrected chi connectivity index (χ1v) is 4.60. The van der Waals surface area contributed by atoms with E-state index in [0.29, 0.717) is 6.07 Å². The summed E-state index contributed by atoms with van der Waals surface area (Å²) >= 11 is 0. The second kappa shape index (κ2) is 4.94. The summed E-state index contributed by atoms with van der Waals surface area (Å²) in [4.78, 5) is 24.9. The van der Waals surface area contributed by atoms with Gasteiger partial charge < -0.3 is 4.74 Å². The Hall–Kier alpha value is -1.92. The van der Waals surface area contributed by atoms with Gasteiger partial charge in [0.2, 0.25) is 0 Å². The van der Waals surface area contributed by atoms with Crippen molar-refractivity contribution in [3.8, 4) is 0 Å². The molecule has 0 N–H and O–H groups in total. The third kappa shape index (κ3) is 3.02. The van der Waals surface area contributed by atoms with Crippen LogP contribution >= 0.6 is 0 Å². The van der Waals surface area contributed by atoms with Crippen LogP contribution in [0.1, 0.15) is 33.5 Å². The Balaban J connectivity index is 3.19. The van der Waals surface area contributed by atoms with Gasteiger partial charge in [0, 0.05) is 0 Å². The van der Waals surface area contributed by atoms with Gasteiger partial charge in [-0.1, -0.05) is 0 Å². The second-order valence-corrected chi connectivity index (χ2v) is 2.97. The molecule has 0 atom stereocenters. The fourth-order valence-corrected chi connectivity index (χ4v) is 1.10. The van der Waals surface area contributed by atoms with Crippen LogP contribution in [0.4, 0.5) is 13.2 Å². The van der Waals surface area contributed by atoms with Crippen molar-refractivity contribution in [2.45, 2.75) is 13.1 Å². The smallest absolute Gasteiger partial charge is 0.433 e. The summed E-state index contributed by atoms with van der Waals surface area (Å²) in [6.45, 7) is 1.59. The predicted octanol–water partition coefficient (Wildman–Crippen LogP) is 2.09. The fourth-order valence-electron chi connectivity index (χ4n) is 1.10. The average Bonchev–Trinajstić information content (AvgIpc) is 2.27. The first kappa shape index (κ1) is 13.1. The number of hydrogen-bond donors (Lipinski definition) is 0.